The van der Waals surface area contributed by atoms with Crippen molar-refractivity contribution >= 4 is 0 Å². The van der Waals surface area contributed by atoms with Crippen molar-refractivity contribution in [3.8, 4) is 0 Å². The minimum absolute atomic E-state index is 0.153. The van der Waals surface area contributed by atoms with Crippen LogP contribution in [0.3, 0.4) is 0 Å². The van der Waals surface area contributed by atoms with Crippen LogP contribution in [0, 0.1) is 5.82 Å². The van der Waals surface area contributed by atoms with Crippen LogP contribution in [-0.4, -0.2) is 37.6 Å². The number of nitrogens with zero attached hydrogens (tertiary/aromatic N) is 1. The molecular formula is C15H23FN2. The summed E-state index contributed by atoms with van der Waals surface area (Å²) in [6.07, 6.45) is 4.88. The fourth-order valence-electron chi connectivity index (χ4n) is 2.46. The topological polar surface area (TPSA) is 15.3 Å². The summed E-state index contributed by atoms with van der Waals surface area (Å²) >= 11 is 0. The molecule has 1 N–H and O–H groups in total. The Hall–Kier alpha value is -0.930. The monoisotopic (exact) mass is 250 g/mol. The van der Waals surface area contributed by atoms with Crippen molar-refractivity contribution in [3.05, 3.63) is 35.6 Å². The van der Waals surface area contributed by atoms with E-state index in [0.717, 1.165) is 25.6 Å². The van der Waals surface area contributed by atoms with Crippen LogP contribution < -0.4 is 5.32 Å². The van der Waals surface area contributed by atoms with E-state index >= 15 is 0 Å². The molecule has 2 nitrogen and oxygen atoms in total. The highest BCUT2D eigenvalue weighted by Crippen LogP contribution is 2.09. The molecular weight excluding hydrogens is 227 g/mol. The average molecular weight is 250 g/mol. The third-order valence-electron chi connectivity index (χ3n) is 3.72. The van der Waals surface area contributed by atoms with E-state index in [2.05, 4.69) is 17.3 Å². The maximum atomic E-state index is 12.8. The maximum Gasteiger partial charge on any atom is 0.123 e. The fraction of sp³-hybridized carbons (Fsp3) is 0.600. The summed E-state index contributed by atoms with van der Waals surface area (Å²) in [6.45, 7) is 3.36. The number of nitrogens with one attached hydrogen (secondary N) is 1. The van der Waals surface area contributed by atoms with Crippen molar-refractivity contribution < 1.29 is 4.39 Å². The minimum atomic E-state index is -0.153. The van der Waals surface area contributed by atoms with Crippen molar-refractivity contribution in [1.82, 2.24) is 10.2 Å². The van der Waals surface area contributed by atoms with Crippen molar-refractivity contribution in [3.63, 3.8) is 0 Å². The van der Waals surface area contributed by atoms with Gasteiger partial charge in [-0.15, -0.1) is 0 Å². The predicted octanol–water partition coefficient (Wildman–Crippen LogP) is 2.44. The predicted molar refractivity (Wildman–Crippen MR) is 73.2 cm³/mol. The van der Waals surface area contributed by atoms with E-state index in [9.17, 15) is 4.39 Å². The van der Waals surface area contributed by atoms with Gasteiger partial charge in [0.05, 0.1) is 0 Å². The lowest BCUT2D eigenvalue weighted by Gasteiger charge is -2.19. The summed E-state index contributed by atoms with van der Waals surface area (Å²) in [4.78, 5) is 2.36. The van der Waals surface area contributed by atoms with Gasteiger partial charge in [0.15, 0.2) is 0 Å². The molecule has 0 radical (unpaired) electrons. The Morgan fingerprint density at radius 2 is 2.06 bits per heavy atom. The first-order chi connectivity index (χ1) is 8.74. The summed E-state index contributed by atoms with van der Waals surface area (Å²) in [5, 5.41) is 3.52. The maximum absolute atomic E-state index is 12.8. The van der Waals surface area contributed by atoms with Gasteiger partial charge >= 0.3 is 0 Å². The molecule has 1 aromatic rings. The van der Waals surface area contributed by atoms with Crippen molar-refractivity contribution in [1.29, 1.82) is 0 Å². The Kier molecular flexibility index (Phi) is 5.14. The van der Waals surface area contributed by atoms with Gasteiger partial charge in [-0.05, 0) is 63.5 Å². The SMILES string of the molecule is CN(CCc1ccc(F)cc1)CCC1CCCN1. The van der Waals surface area contributed by atoms with Gasteiger partial charge in [-0.2, -0.15) is 0 Å². The molecule has 0 bridgehead atoms. The Balaban J connectivity index is 1.64. The van der Waals surface area contributed by atoms with E-state index in [1.165, 1.54) is 43.5 Å². The standard InChI is InChI=1S/C15H23FN2/c1-18(12-9-15-3-2-10-17-15)11-8-13-4-6-14(16)7-5-13/h4-7,15,17H,2-3,8-12H2,1H3. The van der Waals surface area contributed by atoms with Gasteiger partial charge in [-0.3, -0.25) is 0 Å². The van der Waals surface area contributed by atoms with Crippen LogP contribution in [0.2, 0.25) is 0 Å². The van der Waals surface area contributed by atoms with Crippen molar-refractivity contribution in [2.24, 2.45) is 0 Å². The quantitative estimate of drug-likeness (QED) is 0.834. The van der Waals surface area contributed by atoms with Gasteiger partial charge < -0.3 is 10.2 Å². The highest BCUT2D eigenvalue weighted by Gasteiger charge is 2.13. The molecule has 3 heteroatoms. The lowest BCUT2D eigenvalue weighted by Crippen LogP contribution is -2.29. The molecule has 0 spiro atoms. The zero-order chi connectivity index (χ0) is 12.8. The number of rotatable bonds is 6. The molecule has 1 atom stereocenters. The fourth-order valence-corrected chi connectivity index (χ4v) is 2.46. The molecule has 1 heterocycles. The number of hydrogen-bond donors (Lipinski definition) is 1. The molecule has 1 aliphatic heterocycles. The first kappa shape index (κ1) is 13.5. The van der Waals surface area contributed by atoms with E-state index in [1.807, 2.05) is 12.1 Å². The van der Waals surface area contributed by atoms with Gasteiger partial charge in [0, 0.05) is 12.6 Å². The Morgan fingerprint density at radius 3 is 2.72 bits per heavy atom. The van der Waals surface area contributed by atoms with E-state index in [1.54, 1.807) is 0 Å². The molecule has 1 aromatic carbocycles. The van der Waals surface area contributed by atoms with Crippen LogP contribution in [0.4, 0.5) is 4.39 Å². The smallest absolute Gasteiger partial charge is 0.123 e. The van der Waals surface area contributed by atoms with E-state index < -0.39 is 0 Å². The molecule has 1 unspecified atom stereocenters. The highest BCUT2D eigenvalue weighted by molar-refractivity contribution is 5.16. The van der Waals surface area contributed by atoms with Gasteiger partial charge in [0.2, 0.25) is 0 Å². The van der Waals surface area contributed by atoms with Gasteiger partial charge in [0.1, 0.15) is 5.82 Å². The minimum Gasteiger partial charge on any atom is -0.314 e. The number of hydrogen-bond acceptors (Lipinski definition) is 2. The van der Waals surface area contributed by atoms with Crippen LogP contribution in [0.5, 0.6) is 0 Å². The molecule has 18 heavy (non-hydrogen) atoms. The molecule has 0 aliphatic carbocycles. The van der Waals surface area contributed by atoms with Crippen LogP contribution in [-0.2, 0) is 6.42 Å². The number of benzene rings is 1. The van der Waals surface area contributed by atoms with Gasteiger partial charge in [-0.1, -0.05) is 12.1 Å². The molecule has 0 saturated carbocycles. The third kappa shape index (κ3) is 4.39. The summed E-state index contributed by atoms with van der Waals surface area (Å²) in [5.41, 5.74) is 1.21. The molecule has 1 saturated heterocycles. The second kappa shape index (κ2) is 6.86. The third-order valence-corrected chi connectivity index (χ3v) is 3.72. The van der Waals surface area contributed by atoms with Gasteiger partial charge in [0.25, 0.3) is 0 Å². The first-order valence-electron chi connectivity index (χ1n) is 6.90. The zero-order valence-corrected chi connectivity index (χ0v) is 11.2. The molecule has 1 fully saturated rings. The summed E-state index contributed by atoms with van der Waals surface area (Å²) in [7, 11) is 2.17. The number of halogens is 1. The van der Waals surface area contributed by atoms with E-state index in [-0.39, 0.29) is 5.82 Å². The Labute approximate surface area is 109 Å². The largest absolute Gasteiger partial charge is 0.314 e. The molecule has 1 aliphatic rings. The van der Waals surface area contributed by atoms with Gasteiger partial charge in [-0.25, -0.2) is 4.39 Å². The van der Waals surface area contributed by atoms with Crippen molar-refractivity contribution in [2.75, 3.05) is 26.7 Å². The van der Waals surface area contributed by atoms with E-state index in [4.69, 9.17) is 0 Å². The number of likely N-dealkylation sites (N-methyl/N-ethyl adjacent to an activating group) is 1. The second-order valence-corrected chi connectivity index (χ2v) is 5.26. The average Bonchev–Trinajstić information content (AvgIpc) is 2.89. The van der Waals surface area contributed by atoms with Crippen LogP contribution >= 0.6 is 0 Å². The molecule has 100 valence electrons. The molecule has 2 rings (SSSR count). The lowest BCUT2D eigenvalue weighted by atomic mass is 10.1. The Morgan fingerprint density at radius 1 is 1.28 bits per heavy atom. The molecule has 0 aromatic heterocycles. The van der Waals surface area contributed by atoms with Crippen LogP contribution in [0.1, 0.15) is 24.8 Å². The van der Waals surface area contributed by atoms with E-state index in [0.29, 0.717) is 0 Å². The normalized spacial score (nSPS) is 19.6. The Bertz CT molecular complexity index is 344. The summed E-state index contributed by atoms with van der Waals surface area (Å²) in [5.74, 6) is -0.153. The highest BCUT2D eigenvalue weighted by atomic mass is 19.1. The summed E-state index contributed by atoms with van der Waals surface area (Å²) < 4.78 is 12.8. The second-order valence-electron chi connectivity index (χ2n) is 5.26. The zero-order valence-electron chi connectivity index (χ0n) is 11.2. The van der Waals surface area contributed by atoms with Crippen molar-refractivity contribution in [2.45, 2.75) is 31.7 Å². The summed E-state index contributed by atoms with van der Waals surface area (Å²) in [6, 6.07) is 7.55. The van der Waals surface area contributed by atoms with Crippen LogP contribution in [0.15, 0.2) is 24.3 Å². The first-order valence-corrected chi connectivity index (χ1v) is 6.90. The lowest BCUT2D eigenvalue weighted by molar-refractivity contribution is 0.316. The molecule has 0 amide bonds. The van der Waals surface area contributed by atoms with Crippen LogP contribution in [0.25, 0.3) is 0 Å².